The van der Waals surface area contributed by atoms with Crippen molar-refractivity contribution in [3.8, 4) is 0 Å². The molecule has 0 aliphatic carbocycles. The lowest BCUT2D eigenvalue weighted by atomic mass is 10.1. The maximum Gasteiger partial charge on any atom is 0.216 e. The molecule has 0 radical (unpaired) electrons. The lowest BCUT2D eigenvalue weighted by Gasteiger charge is -2.20. The van der Waals surface area contributed by atoms with Gasteiger partial charge in [0.1, 0.15) is 0 Å². The number of rotatable bonds is 7. The summed E-state index contributed by atoms with van der Waals surface area (Å²) in [6, 6.07) is 7.30. The van der Waals surface area contributed by atoms with Gasteiger partial charge in [-0.05, 0) is 24.1 Å². The Bertz CT molecular complexity index is 543. The summed E-state index contributed by atoms with van der Waals surface area (Å²) in [5.41, 5.74) is 1.02. The number of nitrogens with one attached hydrogen (secondary N) is 1. The zero-order valence-corrected chi connectivity index (χ0v) is 13.2. The molecule has 0 aliphatic heterocycles. The molecule has 112 valence electrons. The number of halogens is 1. The van der Waals surface area contributed by atoms with Crippen molar-refractivity contribution in [3.05, 3.63) is 34.9 Å². The van der Waals surface area contributed by atoms with E-state index in [0.29, 0.717) is 24.5 Å². The highest BCUT2D eigenvalue weighted by Crippen LogP contribution is 2.11. The summed E-state index contributed by atoms with van der Waals surface area (Å²) in [6.07, 6.45) is 1.77. The van der Waals surface area contributed by atoms with Crippen LogP contribution in [-0.4, -0.2) is 44.5 Å². The van der Waals surface area contributed by atoms with Crippen LogP contribution in [0.3, 0.4) is 0 Å². The topological polar surface area (TPSA) is 66.5 Å². The quantitative estimate of drug-likeness (QED) is 0.823. The summed E-state index contributed by atoms with van der Waals surface area (Å²) < 4.78 is 24.7. The van der Waals surface area contributed by atoms with Crippen molar-refractivity contribution in [1.29, 1.82) is 0 Å². The van der Waals surface area contributed by atoms with E-state index in [2.05, 4.69) is 5.32 Å². The molecule has 7 heteroatoms. The van der Waals surface area contributed by atoms with Crippen LogP contribution < -0.4 is 5.32 Å². The Morgan fingerprint density at radius 1 is 1.25 bits per heavy atom. The molecule has 0 spiro atoms. The summed E-state index contributed by atoms with van der Waals surface area (Å²) in [7, 11) is -3.29. The Hall–Kier alpha value is -1.11. The third-order valence-corrected chi connectivity index (χ3v) is 4.32. The zero-order chi connectivity index (χ0) is 15.2. The minimum Gasteiger partial charge on any atom is -0.355 e. The SMILES string of the molecule is CC(=O)NCCN(CCc1ccc(Cl)cc1)S(C)(=O)=O. The highest BCUT2D eigenvalue weighted by atomic mass is 35.5. The van der Waals surface area contributed by atoms with Crippen LogP contribution in [0.2, 0.25) is 5.02 Å². The van der Waals surface area contributed by atoms with Crippen molar-refractivity contribution < 1.29 is 13.2 Å². The fourth-order valence-electron chi connectivity index (χ4n) is 1.70. The van der Waals surface area contributed by atoms with Crippen LogP contribution in [0.1, 0.15) is 12.5 Å². The molecule has 0 atom stereocenters. The van der Waals surface area contributed by atoms with Gasteiger partial charge in [-0.3, -0.25) is 4.79 Å². The second kappa shape index (κ2) is 7.61. The van der Waals surface area contributed by atoms with Gasteiger partial charge in [-0.25, -0.2) is 12.7 Å². The van der Waals surface area contributed by atoms with Crippen molar-refractivity contribution in [2.24, 2.45) is 0 Å². The number of carbonyl (C=O) groups excluding carboxylic acids is 1. The summed E-state index contributed by atoms with van der Waals surface area (Å²) in [5.74, 6) is -0.170. The van der Waals surface area contributed by atoms with E-state index in [1.165, 1.54) is 17.5 Å². The zero-order valence-electron chi connectivity index (χ0n) is 11.6. The monoisotopic (exact) mass is 318 g/mol. The van der Waals surface area contributed by atoms with E-state index in [1.807, 2.05) is 12.1 Å². The molecule has 0 unspecified atom stereocenters. The first-order valence-electron chi connectivity index (χ1n) is 6.23. The smallest absolute Gasteiger partial charge is 0.216 e. The fourth-order valence-corrected chi connectivity index (χ4v) is 2.68. The van der Waals surface area contributed by atoms with Gasteiger partial charge in [-0.2, -0.15) is 0 Å². The summed E-state index contributed by atoms with van der Waals surface area (Å²) in [5, 5.41) is 3.24. The molecule has 0 saturated heterocycles. The molecule has 0 heterocycles. The highest BCUT2D eigenvalue weighted by Gasteiger charge is 2.15. The van der Waals surface area contributed by atoms with Gasteiger partial charge < -0.3 is 5.32 Å². The number of carbonyl (C=O) groups is 1. The molecule has 1 N–H and O–H groups in total. The molecule has 0 aliphatic rings. The van der Waals surface area contributed by atoms with Crippen LogP contribution in [-0.2, 0) is 21.2 Å². The number of amides is 1. The molecule has 0 bridgehead atoms. The lowest BCUT2D eigenvalue weighted by molar-refractivity contribution is -0.118. The standard InChI is InChI=1S/C13H19ClN2O3S/c1-11(17)15-8-10-16(20(2,18)19)9-7-12-3-5-13(14)6-4-12/h3-6H,7-10H2,1-2H3,(H,15,17). The Balaban J connectivity index is 2.57. The minimum absolute atomic E-state index is 0.170. The van der Waals surface area contributed by atoms with Crippen molar-refractivity contribution in [1.82, 2.24) is 9.62 Å². The van der Waals surface area contributed by atoms with Crippen molar-refractivity contribution in [3.63, 3.8) is 0 Å². The average molecular weight is 319 g/mol. The van der Waals surface area contributed by atoms with E-state index in [0.717, 1.165) is 5.56 Å². The number of sulfonamides is 1. The van der Waals surface area contributed by atoms with E-state index < -0.39 is 10.0 Å². The average Bonchev–Trinajstić information content (AvgIpc) is 2.33. The van der Waals surface area contributed by atoms with Gasteiger partial charge in [0.15, 0.2) is 0 Å². The second-order valence-corrected chi connectivity index (χ2v) is 6.94. The predicted octanol–water partition coefficient (Wildman–Crippen LogP) is 1.28. The molecule has 1 aromatic carbocycles. The number of hydrogen-bond acceptors (Lipinski definition) is 3. The summed E-state index contributed by atoms with van der Waals surface area (Å²) >= 11 is 5.80. The molecule has 5 nitrogen and oxygen atoms in total. The van der Waals surface area contributed by atoms with Gasteiger partial charge in [-0.1, -0.05) is 23.7 Å². The molecular formula is C13H19ClN2O3S. The maximum atomic E-state index is 11.7. The molecule has 1 rings (SSSR count). The van der Waals surface area contributed by atoms with Crippen LogP contribution >= 0.6 is 11.6 Å². The van der Waals surface area contributed by atoms with Gasteiger partial charge in [0.25, 0.3) is 0 Å². The van der Waals surface area contributed by atoms with Crippen LogP contribution in [0.5, 0.6) is 0 Å². The van der Waals surface area contributed by atoms with Crippen LogP contribution in [0, 0.1) is 0 Å². The van der Waals surface area contributed by atoms with E-state index in [4.69, 9.17) is 11.6 Å². The van der Waals surface area contributed by atoms with E-state index >= 15 is 0 Å². The summed E-state index contributed by atoms with van der Waals surface area (Å²) in [4.78, 5) is 10.8. The maximum absolute atomic E-state index is 11.7. The van der Waals surface area contributed by atoms with Crippen LogP contribution in [0.15, 0.2) is 24.3 Å². The van der Waals surface area contributed by atoms with E-state index in [-0.39, 0.29) is 12.5 Å². The molecule has 0 saturated carbocycles. The van der Waals surface area contributed by atoms with Crippen LogP contribution in [0.4, 0.5) is 0 Å². The van der Waals surface area contributed by atoms with E-state index in [1.54, 1.807) is 12.1 Å². The molecule has 1 aromatic rings. The third-order valence-electron chi connectivity index (χ3n) is 2.77. The Morgan fingerprint density at radius 2 is 1.85 bits per heavy atom. The Labute approximate surface area is 125 Å². The lowest BCUT2D eigenvalue weighted by Crippen LogP contribution is -2.38. The molecule has 0 fully saturated rings. The highest BCUT2D eigenvalue weighted by molar-refractivity contribution is 7.88. The second-order valence-electron chi connectivity index (χ2n) is 4.52. The van der Waals surface area contributed by atoms with Gasteiger partial charge in [0.2, 0.25) is 15.9 Å². The summed E-state index contributed by atoms with van der Waals surface area (Å²) in [6.45, 7) is 2.35. The predicted molar refractivity (Wildman–Crippen MR) is 80.3 cm³/mol. The van der Waals surface area contributed by atoms with Crippen molar-refractivity contribution >= 4 is 27.5 Å². The fraction of sp³-hybridized carbons (Fsp3) is 0.462. The number of hydrogen-bond donors (Lipinski definition) is 1. The van der Waals surface area contributed by atoms with Gasteiger partial charge in [0, 0.05) is 31.6 Å². The first kappa shape index (κ1) is 16.9. The molecule has 1 amide bonds. The van der Waals surface area contributed by atoms with E-state index in [9.17, 15) is 13.2 Å². The van der Waals surface area contributed by atoms with Gasteiger partial charge >= 0.3 is 0 Å². The third kappa shape index (κ3) is 6.36. The van der Waals surface area contributed by atoms with Crippen LogP contribution in [0.25, 0.3) is 0 Å². The van der Waals surface area contributed by atoms with Crippen molar-refractivity contribution in [2.45, 2.75) is 13.3 Å². The number of nitrogens with zero attached hydrogens (tertiary/aromatic N) is 1. The van der Waals surface area contributed by atoms with Crippen molar-refractivity contribution in [2.75, 3.05) is 25.9 Å². The van der Waals surface area contributed by atoms with Gasteiger partial charge in [-0.15, -0.1) is 0 Å². The Morgan fingerprint density at radius 3 is 2.35 bits per heavy atom. The first-order valence-corrected chi connectivity index (χ1v) is 8.45. The van der Waals surface area contributed by atoms with Gasteiger partial charge in [0.05, 0.1) is 6.26 Å². The first-order chi connectivity index (χ1) is 9.29. The Kier molecular flexibility index (Phi) is 6.45. The number of benzene rings is 1. The molecule has 0 aromatic heterocycles. The normalized spacial score (nSPS) is 11.6. The minimum atomic E-state index is -3.29. The molecule has 20 heavy (non-hydrogen) atoms. The largest absolute Gasteiger partial charge is 0.355 e. The molecular weight excluding hydrogens is 300 g/mol.